The number of halogens is 1. The number of methoxy groups -OCH3 is 2. The van der Waals surface area contributed by atoms with Crippen molar-refractivity contribution >= 4 is 21.9 Å². The van der Waals surface area contributed by atoms with Gasteiger partial charge in [-0.15, -0.1) is 0 Å². The summed E-state index contributed by atoms with van der Waals surface area (Å²) in [5.74, 6) is 0.398. The lowest BCUT2D eigenvalue weighted by Crippen LogP contribution is -2.01. The Morgan fingerprint density at radius 3 is 2.58 bits per heavy atom. The predicted molar refractivity (Wildman–Crippen MR) is 77.5 cm³/mol. The van der Waals surface area contributed by atoms with Gasteiger partial charge in [0.1, 0.15) is 5.75 Å². The molecule has 0 unspecified atom stereocenters. The molecule has 0 aliphatic carbocycles. The maximum atomic E-state index is 11.5. The first-order chi connectivity index (χ1) is 9.15. The molecule has 3 nitrogen and oxygen atoms in total. The van der Waals surface area contributed by atoms with Crippen molar-refractivity contribution in [1.29, 1.82) is 0 Å². The summed E-state index contributed by atoms with van der Waals surface area (Å²) < 4.78 is 11.0. The lowest BCUT2D eigenvalue weighted by molar-refractivity contribution is 0.0601. The fourth-order valence-corrected chi connectivity index (χ4v) is 2.18. The smallest absolute Gasteiger partial charge is 0.337 e. The Balaban J connectivity index is 2.50. The number of benzene rings is 2. The Labute approximate surface area is 120 Å². The molecule has 0 saturated carbocycles. The van der Waals surface area contributed by atoms with Crippen molar-refractivity contribution in [1.82, 2.24) is 0 Å². The summed E-state index contributed by atoms with van der Waals surface area (Å²) in [6.45, 7) is 0. The number of carbonyl (C=O) groups excluding carboxylic acids is 1. The van der Waals surface area contributed by atoms with Crippen LogP contribution in [-0.2, 0) is 4.74 Å². The van der Waals surface area contributed by atoms with Crippen LogP contribution in [0.3, 0.4) is 0 Å². The first kappa shape index (κ1) is 13.6. The zero-order valence-corrected chi connectivity index (χ0v) is 12.2. The lowest BCUT2D eigenvalue weighted by atomic mass is 10.0. The molecule has 98 valence electrons. The summed E-state index contributed by atoms with van der Waals surface area (Å²) in [6.07, 6.45) is 0. The average Bonchev–Trinajstić information content (AvgIpc) is 2.46. The first-order valence-corrected chi connectivity index (χ1v) is 6.47. The Kier molecular flexibility index (Phi) is 4.22. The first-order valence-electron chi connectivity index (χ1n) is 5.68. The van der Waals surface area contributed by atoms with E-state index in [1.807, 2.05) is 30.3 Å². The van der Waals surface area contributed by atoms with E-state index in [1.165, 1.54) is 7.11 Å². The van der Waals surface area contributed by atoms with E-state index in [1.54, 1.807) is 19.2 Å². The Morgan fingerprint density at radius 1 is 1.11 bits per heavy atom. The van der Waals surface area contributed by atoms with E-state index in [0.29, 0.717) is 5.56 Å². The molecule has 0 bridgehead atoms. The molecule has 0 spiro atoms. The molecule has 0 aromatic heterocycles. The monoisotopic (exact) mass is 320 g/mol. The average molecular weight is 321 g/mol. The molecule has 4 heteroatoms. The van der Waals surface area contributed by atoms with Gasteiger partial charge in [-0.2, -0.15) is 0 Å². The second-order valence-electron chi connectivity index (χ2n) is 3.92. The molecule has 0 aliphatic heterocycles. The van der Waals surface area contributed by atoms with Gasteiger partial charge < -0.3 is 9.47 Å². The van der Waals surface area contributed by atoms with Crippen LogP contribution in [0.2, 0.25) is 0 Å². The quantitative estimate of drug-likeness (QED) is 0.804. The van der Waals surface area contributed by atoms with Crippen LogP contribution in [0.5, 0.6) is 5.75 Å². The summed E-state index contributed by atoms with van der Waals surface area (Å²) in [6, 6.07) is 13.0. The minimum atomic E-state index is -0.349. The molecule has 0 amide bonds. The van der Waals surface area contributed by atoms with E-state index in [4.69, 9.17) is 9.47 Å². The number of esters is 1. The maximum Gasteiger partial charge on any atom is 0.337 e. The Morgan fingerprint density at radius 2 is 1.89 bits per heavy atom. The van der Waals surface area contributed by atoms with Gasteiger partial charge in [0.2, 0.25) is 0 Å². The minimum absolute atomic E-state index is 0.349. The third-order valence-corrected chi connectivity index (χ3v) is 3.25. The zero-order valence-electron chi connectivity index (χ0n) is 10.6. The molecule has 0 radical (unpaired) electrons. The highest BCUT2D eigenvalue weighted by molar-refractivity contribution is 9.10. The molecule has 0 heterocycles. The highest BCUT2D eigenvalue weighted by Crippen LogP contribution is 2.32. The third kappa shape index (κ3) is 2.96. The molecule has 2 aromatic rings. The SMILES string of the molecule is COC(=O)c1cccc(-c2ccc(Br)cc2OC)c1. The number of carbonyl (C=O) groups is 1. The summed E-state index contributed by atoms with van der Waals surface area (Å²) in [4.78, 5) is 11.5. The van der Waals surface area contributed by atoms with Crippen molar-refractivity contribution in [3.8, 4) is 16.9 Å². The molecule has 2 rings (SSSR count). The van der Waals surface area contributed by atoms with Gasteiger partial charge in [0, 0.05) is 10.0 Å². The topological polar surface area (TPSA) is 35.5 Å². The predicted octanol–water partition coefficient (Wildman–Crippen LogP) is 3.91. The van der Waals surface area contributed by atoms with Gasteiger partial charge in [-0.25, -0.2) is 4.79 Å². The van der Waals surface area contributed by atoms with E-state index < -0.39 is 0 Å². The van der Waals surface area contributed by atoms with Gasteiger partial charge in [0.25, 0.3) is 0 Å². The third-order valence-electron chi connectivity index (χ3n) is 2.76. The summed E-state index contributed by atoms with van der Waals surface area (Å²) in [5, 5.41) is 0. The van der Waals surface area contributed by atoms with Crippen LogP contribution >= 0.6 is 15.9 Å². The minimum Gasteiger partial charge on any atom is -0.496 e. The van der Waals surface area contributed by atoms with Crippen molar-refractivity contribution in [2.45, 2.75) is 0 Å². The number of rotatable bonds is 3. The molecule has 19 heavy (non-hydrogen) atoms. The number of ether oxygens (including phenoxy) is 2. The standard InChI is InChI=1S/C15H13BrO3/c1-18-14-9-12(16)6-7-13(14)10-4-3-5-11(8-10)15(17)19-2/h3-9H,1-2H3. The van der Waals surface area contributed by atoms with Crippen molar-refractivity contribution in [2.75, 3.05) is 14.2 Å². The van der Waals surface area contributed by atoms with Gasteiger partial charge in [-0.05, 0) is 35.9 Å². The van der Waals surface area contributed by atoms with E-state index >= 15 is 0 Å². The van der Waals surface area contributed by atoms with Crippen LogP contribution in [0.15, 0.2) is 46.9 Å². The highest BCUT2D eigenvalue weighted by atomic mass is 79.9. The van der Waals surface area contributed by atoms with Crippen LogP contribution in [0, 0.1) is 0 Å². The number of hydrogen-bond donors (Lipinski definition) is 0. The molecule has 0 fully saturated rings. The largest absolute Gasteiger partial charge is 0.496 e. The van der Waals surface area contributed by atoms with Gasteiger partial charge in [0.15, 0.2) is 0 Å². The highest BCUT2D eigenvalue weighted by Gasteiger charge is 2.10. The summed E-state index contributed by atoms with van der Waals surface area (Å²) >= 11 is 3.40. The normalized spacial score (nSPS) is 10.1. The molecular weight excluding hydrogens is 308 g/mol. The van der Waals surface area contributed by atoms with Crippen molar-refractivity contribution < 1.29 is 14.3 Å². The maximum absolute atomic E-state index is 11.5. The second kappa shape index (κ2) is 5.89. The summed E-state index contributed by atoms with van der Waals surface area (Å²) in [5.41, 5.74) is 2.36. The second-order valence-corrected chi connectivity index (χ2v) is 4.83. The molecule has 0 N–H and O–H groups in total. The molecule has 0 saturated heterocycles. The fourth-order valence-electron chi connectivity index (χ4n) is 1.84. The lowest BCUT2D eigenvalue weighted by Gasteiger charge is -2.10. The van der Waals surface area contributed by atoms with E-state index in [-0.39, 0.29) is 5.97 Å². The van der Waals surface area contributed by atoms with Gasteiger partial charge >= 0.3 is 5.97 Å². The van der Waals surface area contributed by atoms with Crippen LogP contribution in [-0.4, -0.2) is 20.2 Å². The van der Waals surface area contributed by atoms with Crippen LogP contribution in [0.1, 0.15) is 10.4 Å². The number of hydrogen-bond acceptors (Lipinski definition) is 3. The van der Waals surface area contributed by atoms with Crippen molar-refractivity contribution in [3.63, 3.8) is 0 Å². The fraction of sp³-hybridized carbons (Fsp3) is 0.133. The molecular formula is C15H13BrO3. The van der Waals surface area contributed by atoms with Gasteiger partial charge in [0.05, 0.1) is 19.8 Å². The van der Waals surface area contributed by atoms with E-state index in [2.05, 4.69) is 15.9 Å². The Hall–Kier alpha value is -1.81. The van der Waals surface area contributed by atoms with Crippen molar-refractivity contribution in [2.24, 2.45) is 0 Å². The summed E-state index contributed by atoms with van der Waals surface area (Å²) in [7, 11) is 2.99. The van der Waals surface area contributed by atoms with Crippen LogP contribution in [0.25, 0.3) is 11.1 Å². The van der Waals surface area contributed by atoms with Gasteiger partial charge in [-0.1, -0.05) is 28.1 Å². The Bertz CT molecular complexity index is 608. The van der Waals surface area contributed by atoms with E-state index in [9.17, 15) is 4.79 Å². The zero-order chi connectivity index (χ0) is 13.8. The molecule has 2 aromatic carbocycles. The van der Waals surface area contributed by atoms with Crippen LogP contribution < -0.4 is 4.74 Å². The van der Waals surface area contributed by atoms with Crippen LogP contribution in [0.4, 0.5) is 0 Å². The van der Waals surface area contributed by atoms with Crippen molar-refractivity contribution in [3.05, 3.63) is 52.5 Å². The molecule has 0 atom stereocenters. The van der Waals surface area contributed by atoms with E-state index in [0.717, 1.165) is 21.3 Å². The van der Waals surface area contributed by atoms with Gasteiger partial charge in [-0.3, -0.25) is 0 Å². The molecule has 0 aliphatic rings.